The predicted molar refractivity (Wildman–Crippen MR) is 192 cm³/mol. The molecular weight excluding hydrogens is 617 g/mol. The lowest BCUT2D eigenvalue weighted by atomic mass is 9.52. The van der Waals surface area contributed by atoms with Crippen LogP contribution in [-0.4, -0.2) is 69.5 Å². The smallest absolute Gasteiger partial charge is 0.147 e. The molecule has 4 fully saturated rings. The fraction of sp³-hybridized carbons (Fsp3) is 0.590. The molecule has 6 aliphatic rings. The minimum absolute atomic E-state index is 0.429. The third-order valence-electron chi connectivity index (χ3n) is 13.6. The summed E-state index contributed by atoms with van der Waals surface area (Å²) in [6.45, 7) is 4.55. The Morgan fingerprint density at radius 2 is 1.26 bits per heavy atom. The van der Waals surface area contributed by atoms with Gasteiger partial charge in [-0.05, 0) is 132 Å². The first-order chi connectivity index (χ1) is 22.9. The molecule has 0 amide bonds. The van der Waals surface area contributed by atoms with Gasteiger partial charge >= 0.3 is 0 Å². The number of aromatic nitrogens is 4. The number of hydrogen-bond acceptors (Lipinski definition) is 8. The molecular formula is C39H48N6S2. The summed E-state index contributed by atoms with van der Waals surface area (Å²) in [5, 5.41) is 20.1. The monoisotopic (exact) mass is 664 g/mol. The first-order valence-corrected chi connectivity index (χ1v) is 19.9. The van der Waals surface area contributed by atoms with Gasteiger partial charge in [0, 0.05) is 34.0 Å². The van der Waals surface area contributed by atoms with Crippen LogP contribution in [0, 0.1) is 18.8 Å². The molecule has 0 spiro atoms. The van der Waals surface area contributed by atoms with Crippen molar-refractivity contribution in [3.63, 3.8) is 0 Å². The Bertz CT molecular complexity index is 1770. The lowest BCUT2D eigenvalue weighted by Gasteiger charge is -2.58. The van der Waals surface area contributed by atoms with Crippen LogP contribution in [0.3, 0.4) is 0 Å². The maximum atomic E-state index is 4.39. The van der Waals surface area contributed by atoms with Crippen molar-refractivity contribution in [3.05, 3.63) is 69.2 Å². The van der Waals surface area contributed by atoms with Crippen molar-refractivity contribution < 1.29 is 0 Å². The summed E-state index contributed by atoms with van der Waals surface area (Å²) in [7, 11) is 4.68. The fourth-order valence-electron chi connectivity index (χ4n) is 11.4. The Morgan fingerprint density at radius 3 is 1.77 bits per heavy atom. The Kier molecular flexibility index (Phi) is 7.68. The molecule has 2 aromatic heterocycles. The number of benzene rings is 2. The minimum Gasteiger partial charge on any atom is -0.303 e. The van der Waals surface area contributed by atoms with Crippen LogP contribution in [0.5, 0.6) is 0 Å². The summed E-state index contributed by atoms with van der Waals surface area (Å²) in [5.41, 5.74) is 11.7. The van der Waals surface area contributed by atoms with Gasteiger partial charge in [-0.2, -0.15) is 0 Å². The van der Waals surface area contributed by atoms with E-state index in [1.165, 1.54) is 101 Å². The van der Waals surface area contributed by atoms with E-state index in [2.05, 4.69) is 80.7 Å². The van der Waals surface area contributed by atoms with Crippen LogP contribution in [0.4, 0.5) is 0 Å². The molecule has 6 atom stereocenters. The maximum Gasteiger partial charge on any atom is 0.147 e. The van der Waals surface area contributed by atoms with E-state index >= 15 is 0 Å². The Hall–Kier alpha value is -2.52. The zero-order valence-corrected chi connectivity index (χ0v) is 29.9. The minimum atomic E-state index is 0.429. The van der Waals surface area contributed by atoms with Crippen molar-refractivity contribution in [1.82, 2.24) is 30.2 Å². The van der Waals surface area contributed by atoms with Crippen LogP contribution >= 0.6 is 22.7 Å². The molecule has 2 saturated carbocycles. The molecule has 0 unspecified atom stereocenters. The predicted octanol–water partition coefficient (Wildman–Crippen LogP) is 8.10. The number of hydrogen-bond donors (Lipinski definition) is 0. The van der Waals surface area contributed by atoms with Crippen molar-refractivity contribution in [2.75, 3.05) is 27.2 Å². The largest absolute Gasteiger partial charge is 0.303 e. The highest BCUT2D eigenvalue weighted by molar-refractivity contribution is 7.14. The van der Waals surface area contributed by atoms with E-state index < -0.39 is 0 Å². The third-order valence-corrected chi connectivity index (χ3v) is 15.2. The van der Waals surface area contributed by atoms with E-state index in [1.807, 2.05) is 12.4 Å². The highest BCUT2D eigenvalue weighted by Gasteiger charge is 2.54. The molecule has 0 radical (unpaired) electrons. The van der Waals surface area contributed by atoms with Gasteiger partial charge < -0.3 is 9.80 Å². The van der Waals surface area contributed by atoms with Gasteiger partial charge in [0.05, 0.1) is 0 Å². The average molecular weight is 665 g/mol. The maximum absolute atomic E-state index is 4.39. The molecule has 47 heavy (non-hydrogen) atoms. The van der Waals surface area contributed by atoms with E-state index in [9.17, 15) is 0 Å². The van der Waals surface area contributed by atoms with E-state index in [4.69, 9.17) is 0 Å². The van der Waals surface area contributed by atoms with Crippen LogP contribution in [0.25, 0.3) is 21.1 Å². The number of likely N-dealkylation sites (N-methyl/N-ethyl adjacent to an activating group) is 2. The number of likely N-dealkylation sites (tertiary alicyclic amines) is 2. The number of nitrogens with zero attached hydrogens (tertiary/aromatic N) is 6. The third kappa shape index (κ3) is 4.91. The summed E-state index contributed by atoms with van der Waals surface area (Å²) in [5.74, 6) is 1.70. The van der Waals surface area contributed by atoms with E-state index in [1.54, 1.807) is 44.9 Å². The SMILES string of the molecule is CN1CC[C@@]23CCCC[C@@H]2[C@@H]1Cc1ccc(-c2nncs2)cc13.Cc1nnc(-c2ccc3c(c2)[C@]24CCCC[C@@H]2[C@H](C3)N(C)CC4)s1. The number of fused-ring (bicyclic) bond motifs is 2. The standard InChI is InChI=1S/C20H25N3S.C19H23N3S/c1-13-21-22-19(24-13)15-7-6-14-12-18-16-5-3-4-8-20(16,17(14)11-15)9-10-23(18)2;1-22-9-8-19-7-3-2-4-15(19)17(22)11-13-5-6-14(10-16(13)19)18-21-20-12-23-18/h6-7,11,16,18H,3-5,8-10,12H2,1-2H3;5-6,10,12,15,17H,2-4,7-9,11H2,1H3/t16-,18+,20+;15-,17+,19+/m11/s1. The van der Waals surface area contributed by atoms with Gasteiger partial charge in [0.25, 0.3) is 0 Å². The fourth-order valence-corrected chi connectivity index (χ4v) is 12.6. The highest BCUT2D eigenvalue weighted by atomic mass is 32.1. The van der Waals surface area contributed by atoms with Gasteiger partial charge in [0.15, 0.2) is 0 Å². The summed E-state index contributed by atoms with van der Waals surface area (Å²) in [6.07, 6.45) is 16.3. The zero-order valence-electron chi connectivity index (χ0n) is 28.3. The van der Waals surface area contributed by atoms with Crippen molar-refractivity contribution in [2.24, 2.45) is 11.8 Å². The molecule has 4 aromatic rings. The molecule has 2 saturated heterocycles. The highest BCUT2D eigenvalue weighted by Crippen LogP contribution is 2.57. The molecule has 4 bridgehead atoms. The molecule has 246 valence electrons. The van der Waals surface area contributed by atoms with Gasteiger partial charge in [-0.3, -0.25) is 0 Å². The average Bonchev–Trinajstić information content (AvgIpc) is 3.81. The van der Waals surface area contributed by atoms with Gasteiger partial charge in [-0.25, -0.2) is 0 Å². The molecule has 10 rings (SSSR count). The second-order valence-corrected chi connectivity index (χ2v) is 17.6. The summed E-state index contributed by atoms with van der Waals surface area (Å²) in [6, 6.07) is 15.8. The van der Waals surface area contributed by atoms with Gasteiger partial charge in [-0.15, -0.1) is 20.4 Å². The van der Waals surface area contributed by atoms with Crippen LogP contribution in [0.1, 0.15) is 91.5 Å². The summed E-state index contributed by atoms with van der Waals surface area (Å²) < 4.78 is 0. The first kappa shape index (κ1) is 30.5. The molecule has 2 aliphatic heterocycles. The van der Waals surface area contributed by atoms with Gasteiger partial charge in [0.2, 0.25) is 0 Å². The van der Waals surface area contributed by atoms with E-state index in [0.717, 1.165) is 38.9 Å². The first-order valence-electron chi connectivity index (χ1n) is 18.2. The normalized spacial score (nSPS) is 32.7. The van der Waals surface area contributed by atoms with Gasteiger partial charge in [0.1, 0.15) is 20.5 Å². The van der Waals surface area contributed by atoms with Crippen molar-refractivity contribution in [2.45, 2.75) is 107 Å². The molecule has 6 nitrogen and oxygen atoms in total. The lowest BCUT2D eigenvalue weighted by molar-refractivity contribution is 0.00288. The van der Waals surface area contributed by atoms with E-state index in [0.29, 0.717) is 10.8 Å². The molecule has 8 heteroatoms. The molecule has 4 aliphatic carbocycles. The van der Waals surface area contributed by atoms with Crippen LogP contribution < -0.4 is 0 Å². The molecule has 2 aromatic carbocycles. The summed E-state index contributed by atoms with van der Waals surface area (Å²) in [4.78, 5) is 5.27. The molecule has 4 heterocycles. The van der Waals surface area contributed by atoms with Crippen LogP contribution in [0.2, 0.25) is 0 Å². The number of rotatable bonds is 2. The zero-order chi connectivity index (χ0) is 31.8. The second-order valence-electron chi connectivity index (χ2n) is 15.6. The Balaban J connectivity index is 0.000000129. The van der Waals surface area contributed by atoms with Crippen molar-refractivity contribution in [3.8, 4) is 21.1 Å². The van der Waals surface area contributed by atoms with Crippen LogP contribution in [0.15, 0.2) is 41.9 Å². The van der Waals surface area contributed by atoms with Gasteiger partial charge in [-0.1, -0.05) is 72.6 Å². The van der Waals surface area contributed by atoms with Crippen molar-refractivity contribution in [1.29, 1.82) is 0 Å². The topological polar surface area (TPSA) is 58.0 Å². The quantitative estimate of drug-likeness (QED) is 0.216. The van der Waals surface area contributed by atoms with E-state index in [-0.39, 0.29) is 0 Å². The Labute approximate surface area is 288 Å². The Morgan fingerprint density at radius 1 is 0.681 bits per heavy atom. The number of aryl methyl sites for hydroxylation is 1. The second kappa shape index (κ2) is 11.8. The summed E-state index contributed by atoms with van der Waals surface area (Å²) >= 11 is 3.36. The molecule has 0 N–H and O–H groups in total. The van der Waals surface area contributed by atoms with Crippen LogP contribution in [-0.2, 0) is 23.7 Å². The number of piperidine rings is 2. The van der Waals surface area contributed by atoms with Crippen molar-refractivity contribution >= 4 is 22.7 Å². The lowest BCUT2D eigenvalue weighted by Crippen LogP contribution is -2.59.